The van der Waals surface area contributed by atoms with E-state index in [4.69, 9.17) is 9.84 Å². The first-order valence-corrected chi connectivity index (χ1v) is 10.1. The van der Waals surface area contributed by atoms with E-state index >= 15 is 0 Å². The van der Waals surface area contributed by atoms with Crippen LogP contribution in [0.15, 0.2) is 48.7 Å². The average molecular weight is 405 g/mol. The second kappa shape index (κ2) is 9.04. The number of aromatic amines is 1. The van der Waals surface area contributed by atoms with E-state index in [1.807, 2.05) is 30.5 Å². The summed E-state index contributed by atoms with van der Waals surface area (Å²) in [7, 11) is 0. The van der Waals surface area contributed by atoms with Crippen molar-refractivity contribution in [2.45, 2.75) is 52.6 Å². The molecule has 0 bridgehead atoms. The summed E-state index contributed by atoms with van der Waals surface area (Å²) in [5.74, 6) is 5.37. The Morgan fingerprint density at radius 3 is 2.50 bits per heavy atom. The Bertz CT molecular complexity index is 1070. The first-order chi connectivity index (χ1) is 14.2. The summed E-state index contributed by atoms with van der Waals surface area (Å²) in [5.41, 5.74) is 3.04. The van der Waals surface area contributed by atoms with E-state index in [1.165, 1.54) is 0 Å². The van der Waals surface area contributed by atoms with Crippen molar-refractivity contribution in [1.29, 1.82) is 0 Å². The molecule has 30 heavy (non-hydrogen) atoms. The fraction of sp³-hybridized carbons (Fsp3) is 0.360. The summed E-state index contributed by atoms with van der Waals surface area (Å²) in [6.07, 6.45) is 2.52. The quantitative estimate of drug-likeness (QED) is 0.495. The molecule has 0 fully saturated rings. The van der Waals surface area contributed by atoms with Crippen molar-refractivity contribution in [1.82, 2.24) is 10.2 Å². The normalized spacial score (nSPS) is 13.3. The standard InChI is InChI=1S/C25H28N2O3/c1-5-6-18(14-24(28)29)17-9-11-21(12-10-17)30-23(15-25(2,3)4)19-7-8-20-16-26-27-22(20)13-19/h7-13,16,18,23H,14-15H2,1-4H3,(H,26,27)(H,28,29). The van der Waals surface area contributed by atoms with Gasteiger partial charge in [-0.25, -0.2) is 0 Å². The van der Waals surface area contributed by atoms with Crippen LogP contribution in [0.5, 0.6) is 5.75 Å². The smallest absolute Gasteiger partial charge is 0.304 e. The monoisotopic (exact) mass is 404 g/mol. The molecule has 0 saturated heterocycles. The Morgan fingerprint density at radius 2 is 1.87 bits per heavy atom. The molecule has 5 nitrogen and oxygen atoms in total. The van der Waals surface area contributed by atoms with Gasteiger partial charge in [0.1, 0.15) is 11.9 Å². The molecule has 0 radical (unpaired) electrons. The highest BCUT2D eigenvalue weighted by atomic mass is 16.5. The van der Waals surface area contributed by atoms with Crippen molar-refractivity contribution < 1.29 is 14.6 Å². The van der Waals surface area contributed by atoms with Gasteiger partial charge in [-0.3, -0.25) is 9.89 Å². The average Bonchev–Trinajstić information content (AvgIpc) is 3.14. The van der Waals surface area contributed by atoms with Crippen molar-refractivity contribution in [3.8, 4) is 17.6 Å². The van der Waals surface area contributed by atoms with E-state index < -0.39 is 5.97 Å². The molecule has 0 aliphatic heterocycles. The lowest BCUT2D eigenvalue weighted by molar-refractivity contribution is -0.137. The fourth-order valence-corrected chi connectivity index (χ4v) is 3.48. The summed E-state index contributed by atoms with van der Waals surface area (Å²) in [6, 6.07) is 13.8. The van der Waals surface area contributed by atoms with Crippen LogP contribution in [0.2, 0.25) is 0 Å². The maximum atomic E-state index is 11.1. The number of carboxylic acid groups (broad SMARTS) is 1. The third-order valence-corrected chi connectivity index (χ3v) is 4.89. The van der Waals surface area contributed by atoms with Gasteiger partial charge in [0.2, 0.25) is 0 Å². The molecule has 0 spiro atoms. The summed E-state index contributed by atoms with van der Waals surface area (Å²) >= 11 is 0. The Balaban J connectivity index is 1.84. The zero-order valence-electron chi connectivity index (χ0n) is 17.9. The molecule has 2 aromatic carbocycles. The summed E-state index contributed by atoms with van der Waals surface area (Å²) < 4.78 is 6.39. The lowest BCUT2D eigenvalue weighted by atomic mass is 9.86. The lowest BCUT2D eigenvalue weighted by Crippen LogP contribution is -2.17. The van der Waals surface area contributed by atoms with Gasteiger partial charge in [0, 0.05) is 5.39 Å². The van der Waals surface area contributed by atoms with Crippen LogP contribution in [0.1, 0.15) is 63.7 Å². The highest BCUT2D eigenvalue weighted by molar-refractivity contribution is 5.78. The number of aromatic nitrogens is 2. The van der Waals surface area contributed by atoms with Gasteiger partial charge in [-0.2, -0.15) is 5.10 Å². The van der Waals surface area contributed by atoms with Crippen molar-refractivity contribution >= 4 is 16.9 Å². The molecule has 2 unspecified atom stereocenters. The third-order valence-electron chi connectivity index (χ3n) is 4.89. The highest BCUT2D eigenvalue weighted by Crippen LogP contribution is 2.35. The number of nitrogens with one attached hydrogen (secondary N) is 1. The van der Waals surface area contributed by atoms with Crippen LogP contribution in [-0.2, 0) is 4.79 Å². The minimum atomic E-state index is -0.859. The van der Waals surface area contributed by atoms with Crippen LogP contribution in [0.25, 0.3) is 10.9 Å². The number of fused-ring (bicyclic) bond motifs is 1. The number of benzene rings is 2. The van der Waals surface area contributed by atoms with Crippen LogP contribution in [-0.4, -0.2) is 21.3 Å². The van der Waals surface area contributed by atoms with Gasteiger partial charge in [-0.05, 0) is 48.1 Å². The number of ether oxygens (including phenoxy) is 1. The molecule has 156 valence electrons. The minimum Gasteiger partial charge on any atom is -0.486 e. The number of carboxylic acids is 1. The van der Waals surface area contributed by atoms with Gasteiger partial charge in [0.25, 0.3) is 0 Å². The number of rotatable bonds is 7. The van der Waals surface area contributed by atoms with Gasteiger partial charge in [0.05, 0.1) is 24.1 Å². The molecular weight excluding hydrogens is 376 g/mol. The number of hydrogen-bond donors (Lipinski definition) is 2. The number of nitrogens with zero attached hydrogens (tertiary/aromatic N) is 1. The maximum absolute atomic E-state index is 11.1. The predicted molar refractivity (Wildman–Crippen MR) is 118 cm³/mol. The predicted octanol–water partition coefficient (Wildman–Crippen LogP) is 5.70. The molecule has 0 aliphatic rings. The van der Waals surface area contributed by atoms with Crippen molar-refractivity contribution in [3.63, 3.8) is 0 Å². The maximum Gasteiger partial charge on any atom is 0.304 e. The first kappa shape index (κ1) is 21.4. The third kappa shape index (κ3) is 5.64. The highest BCUT2D eigenvalue weighted by Gasteiger charge is 2.23. The van der Waals surface area contributed by atoms with Gasteiger partial charge in [-0.15, -0.1) is 5.92 Å². The van der Waals surface area contributed by atoms with Gasteiger partial charge in [-0.1, -0.05) is 51.0 Å². The number of hydrogen-bond acceptors (Lipinski definition) is 3. The van der Waals surface area contributed by atoms with Crippen LogP contribution in [0.4, 0.5) is 0 Å². The van der Waals surface area contributed by atoms with E-state index in [9.17, 15) is 4.79 Å². The Labute approximate surface area is 177 Å². The lowest BCUT2D eigenvalue weighted by Gasteiger charge is -2.27. The molecule has 1 heterocycles. The Hall–Kier alpha value is -3.26. The summed E-state index contributed by atoms with van der Waals surface area (Å²) in [4.78, 5) is 11.1. The zero-order valence-corrected chi connectivity index (χ0v) is 17.9. The first-order valence-electron chi connectivity index (χ1n) is 10.1. The number of H-pyrrole nitrogens is 1. The minimum absolute atomic E-state index is 0.0160. The van der Waals surface area contributed by atoms with Crippen LogP contribution < -0.4 is 4.74 Å². The zero-order chi connectivity index (χ0) is 21.7. The largest absolute Gasteiger partial charge is 0.486 e. The second-order valence-corrected chi connectivity index (χ2v) is 8.70. The molecule has 0 saturated carbocycles. The van der Waals surface area contributed by atoms with E-state index in [0.29, 0.717) is 0 Å². The Morgan fingerprint density at radius 1 is 1.17 bits per heavy atom. The molecule has 0 aliphatic carbocycles. The van der Waals surface area contributed by atoms with E-state index in [2.05, 4.69) is 61.0 Å². The molecule has 0 amide bonds. The molecular formula is C25H28N2O3. The summed E-state index contributed by atoms with van der Waals surface area (Å²) in [5, 5.41) is 17.3. The van der Waals surface area contributed by atoms with Gasteiger partial charge in [0.15, 0.2) is 0 Å². The molecule has 5 heteroatoms. The van der Waals surface area contributed by atoms with E-state index in [0.717, 1.165) is 34.2 Å². The van der Waals surface area contributed by atoms with Crippen LogP contribution >= 0.6 is 0 Å². The molecule has 2 N–H and O–H groups in total. The summed E-state index contributed by atoms with van der Waals surface area (Å²) in [6.45, 7) is 8.31. The van der Waals surface area contributed by atoms with Crippen molar-refractivity contribution in [2.75, 3.05) is 0 Å². The van der Waals surface area contributed by atoms with E-state index in [-0.39, 0.29) is 23.9 Å². The fourth-order valence-electron chi connectivity index (χ4n) is 3.48. The van der Waals surface area contributed by atoms with Crippen LogP contribution in [0, 0.1) is 17.3 Å². The Kier molecular flexibility index (Phi) is 6.47. The molecule has 3 rings (SSSR count). The van der Waals surface area contributed by atoms with Gasteiger partial charge >= 0.3 is 5.97 Å². The van der Waals surface area contributed by atoms with Gasteiger partial charge < -0.3 is 9.84 Å². The van der Waals surface area contributed by atoms with Crippen molar-refractivity contribution in [2.24, 2.45) is 5.41 Å². The second-order valence-electron chi connectivity index (χ2n) is 8.70. The SMILES string of the molecule is CC#CC(CC(=O)O)c1ccc(OC(CC(C)(C)C)c2ccc3cn[nH]c3c2)cc1. The van der Waals surface area contributed by atoms with Crippen LogP contribution in [0.3, 0.4) is 0 Å². The van der Waals surface area contributed by atoms with Crippen molar-refractivity contribution in [3.05, 3.63) is 59.8 Å². The number of carbonyl (C=O) groups is 1. The molecule has 3 aromatic rings. The topological polar surface area (TPSA) is 75.2 Å². The molecule has 2 atom stereocenters. The molecule has 1 aromatic heterocycles. The van der Waals surface area contributed by atoms with E-state index in [1.54, 1.807) is 6.92 Å². The number of aliphatic carboxylic acids is 1.